The number of rotatable bonds is 3. The number of hydrogen-bond donors (Lipinski definition) is 1. The quantitative estimate of drug-likeness (QED) is 0.597. The molecule has 1 aromatic carbocycles. The van der Waals surface area contributed by atoms with Crippen LogP contribution in [0.25, 0.3) is 0 Å². The molecule has 0 saturated carbocycles. The Labute approximate surface area is 79.9 Å². The van der Waals surface area contributed by atoms with E-state index in [1.54, 1.807) is 0 Å². The summed E-state index contributed by atoms with van der Waals surface area (Å²) in [5.41, 5.74) is 1.11. The number of halogens is 1. The minimum atomic E-state index is -1.02. The lowest BCUT2D eigenvalue weighted by atomic mass is 10.1. The zero-order chi connectivity index (χ0) is 9.84. The van der Waals surface area contributed by atoms with E-state index in [9.17, 15) is 9.59 Å². The predicted molar refractivity (Wildman–Crippen MR) is 48.3 cm³/mol. The van der Waals surface area contributed by atoms with Gasteiger partial charge in [0.15, 0.2) is 0 Å². The number of carbonyl (C=O) groups is 2. The van der Waals surface area contributed by atoms with Crippen LogP contribution in [0.15, 0.2) is 18.2 Å². The van der Waals surface area contributed by atoms with E-state index in [0.717, 1.165) is 0 Å². The standard InChI is InChI=1S/C9H7ClO3/c10-4-8-3-6(9(12)13)1-2-7(8)5-11/h1-3,5H,4H2,(H,12,13). The predicted octanol–water partition coefficient (Wildman–Crippen LogP) is 1.94. The average Bonchev–Trinajstić information content (AvgIpc) is 2.16. The van der Waals surface area contributed by atoms with E-state index in [1.165, 1.54) is 18.2 Å². The van der Waals surface area contributed by atoms with E-state index in [1.807, 2.05) is 0 Å². The molecular formula is C9H7ClO3. The van der Waals surface area contributed by atoms with E-state index in [4.69, 9.17) is 16.7 Å². The van der Waals surface area contributed by atoms with Crippen molar-refractivity contribution in [1.82, 2.24) is 0 Å². The Kier molecular flexibility index (Phi) is 3.03. The number of aromatic carboxylic acids is 1. The summed E-state index contributed by atoms with van der Waals surface area (Å²) in [6.45, 7) is 0. The van der Waals surface area contributed by atoms with Crippen molar-refractivity contribution in [2.75, 3.05) is 0 Å². The molecule has 68 valence electrons. The monoisotopic (exact) mass is 198 g/mol. The molecule has 0 aliphatic carbocycles. The van der Waals surface area contributed by atoms with Gasteiger partial charge >= 0.3 is 5.97 Å². The third-order valence-electron chi connectivity index (χ3n) is 1.66. The molecular weight excluding hydrogens is 192 g/mol. The molecule has 0 aliphatic heterocycles. The normalized spacial score (nSPS) is 9.62. The number of carbonyl (C=O) groups excluding carboxylic acids is 1. The molecule has 13 heavy (non-hydrogen) atoms. The second-order valence-corrected chi connectivity index (χ2v) is 2.74. The van der Waals surface area contributed by atoms with Crippen molar-refractivity contribution in [3.63, 3.8) is 0 Å². The Balaban J connectivity index is 3.20. The van der Waals surface area contributed by atoms with Gasteiger partial charge in [-0.25, -0.2) is 4.79 Å². The lowest BCUT2D eigenvalue weighted by Crippen LogP contribution is -1.99. The van der Waals surface area contributed by atoms with Crippen molar-refractivity contribution >= 4 is 23.9 Å². The van der Waals surface area contributed by atoms with Crippen molar-refractivity contribution in [1.29, 1.82) is 0 Å². The molecule has 0 spiro atoms. The number of alkyl halides is 1. The lowest BCUT2D eigenvalue weighted by Gasteiger charge is -2.01. The summed E-state index contributed by atoms with van der Waals surface area (Å²) in [6.07, 6.45) is 0.656. The van der Waals surface area contributed by atoms with Gasteiger partial charge in [-0.05, 0) is 17.7 Å². The van der Waals surface area contributed by atoms with Crippen LogP contribution in [-0.4, -0.2) is 17.4 Å². The van der Waals surface area contributed by atoms with Gasteiger partial charge in [-0.3, -0.25) is 4.79 Å². The summed E-state index contributed by atoms with van der Waals surface area (Å²) >= 11 is 5.54. The number of aldehydes is 1. The van der Waals surface area contributed by atoms with Crippen LogP contribution in [0.3, 0.4) is 0 Å². The molecule has 1 N–H and O–H groups in total. The maximum Gasteiger partial charge on any atom is 0.335 e. The van der Waals surface area contributed by atoms with Crippen LogP contribution in [-0.2, 0) is 5.88 Å². The summed E-state index contributed by atoms with van der Waals surface area (Å²) in [7, 11) is 0. The van der Waals surface area contributed by atoms with E-state index >= 15 is 0 Å². The fourth-order valence-corrected chi connectivity index (χ4v) is 1.20. The number of hydrogen-bond acceptors (Lipinski definition) is 2. The minimum Gasteiger partial charge on any atom is -0.478 e. The molecule has 0 saturated heterocycles. The number of carboxylic acids is 1. The van der Waals surface area contributed by atoms with Crippen LogP contribution >= 0.6 is 11.6 Å². The summed E-state index contributed by atoms with van der Waals surface area (Å²) < 4.78 is 0. The van der Waals surface area contributed by atoms with Gasteiger partial charge in [0.25, 0.3) is 0 Å². The van der Waals surface area contributed by atoms with Gasteiger partial charge in [0.2, 0.25) is 0 Å². The summed E-state index contributed by atoms with van der Waals surface area (Å²) in [5, 5.41) is 8.64. The zero-order valence-corrected chi connectivity index (χ0v) is 7.41. The van der Waals surface area contributed by atoms with Crippen LogP contribution in [0, 0.1) is 0 Å². The summed E-state index contributed by atoms with van der Waals surface area (Å²) in [5.74, 6) is -0.890. The lowest BCUT2D eigenvalue weighted by molar-refractivity contribution is 0.0696. The van der Waals surface area contributed by atoms with Gasteiger partial charge in [0.05, 0.1) is 5.56 Å². The minimum absolute atomic E-state index is 0.134. The zero-order valence-electron chi connectivity index (χ0n) is 6.66. The van der Waals surface area contributed by atoms with Crippen molar-refractivity contribution < 1.29 is 14.7 Å². The highest BCUT2D eigenvalue weighted by Gasteiger charge is 2.06. The smallest absolute Gasteiger partial charge is 0.335 e. The molecule has 1 aromatic rings. The molecule has 3 nitrogen and oxygen atoms in total. The molecule has 0 fully saturated rings. The van der Waals surface area contributed by atoms with Gasteiger partial charge in [0.1, 0.15) is 6.29 Å². The van der Waals surface area contributed by atoms with Gasteiger partial charge < -0.3 is 5.11 Å². The SMILES string of the molecule is O=Cc1ccc(C(=O)O)cc1CCl. The Morgan fingerprint density at radius 2 is 2.23 bits per heavy atom. The highest BCUT2D eigenvalue weighted by molar-refractivity contribution is 6.17. The third kappa shape index (κ3) is 2.06. The van der Waals surface area contributed by atoms with Crippen molar-refractivity contribution in [3.8, 4) is 0 Å². The Bertz CT molecular complexity index is 347. The highest BCUT2D eigenvalue weighted by Crippen LogP contribution is 2.12. The van der Waals surface area contributed by atoms with Crippen LogP contribution < -0.4 is 0 Å². The molecule has 0 heterocycles. The van der Waals surface area contributed by atoms with E-state index in [2.05, 4.69) is 0 Å². The first-order valence-electron chi connectivity index (χ1n) is 3.56. The van der Waals surface area contributed by atoms with E-state index in [0.29, 0.717) is 17.4 Å². The van der Waals surface area contributed by atoms with Gasteiger partial charge in [-0.1, -0.05) is 6.07 Å². The molecule has 4 heteroatoms. The summed E-state index contributed by atoms with van der Waals surface area (Å²) in [4.78, 5) is 21.0. The Morgan fingerprint density at radius 3 is 2.69 bits per heavy atom. The molecule has 0 bridgehead atoms. The first-order valence-corrected chi connectivity index (χ1v) is 4.10. The van der Waals surface area contributed by atoms with E-state index < -0.39 is 5.97 Å². The molecule has 0 atom stereocenters. The number of benzene rings is 1. The Hall–Kier alpha value is -1.35. The van der Waals surface area contributed by atoms with Gasteiger partial charge in [0, 0.05) is 11.4 Å². The summed E-state index contributed by atoms with van der Waals surface area (Å²) in [6, 6.07) is 4.23. The molecule has 0 radical (unpaired) electrons. The highest BCUT2D eigenvalue weighted by atomic mass is 35.5. The topological polar surface area (TPSA) is 54.4 Å². The average molecular weight is 199 g/mol. The maximum absolute atomic E-state index is 10.5. The second kappa shape index (κ2) is 4.05. The van der Waals surface area contributed by atoms with Crippen LogP contribution in [0.2, 0.25) is 0 Å². The molecule has 0 aromatic heterocycles. The molecule has 0 amide bonds. The van der Waals surface area contributed by atoms with Crippen molar-refractivity contribution in [2.24, 2.45) is 0 Å². The molecule has 0 unspecified atom stereocenters. The largest absolute Gasteiger partial charge is 0.478 e. The first kappa shape index (κ1) is 9.74. The van der Waals surface area contributed by atoms with Gasteiger partial charge in [-0.2, -0.15) is 0 Å². The Morgan fingerprint density at radius 1 is 1.54 bits per heavy atom. The molecule has 1 rings (SSSR count). The fraction of sp³-hybridized carbons (Fsp3) is 0.111. The first-order chi connectivity index (χ1) is 6.19. The van der Waals surface area contributed by atoms with Crippen LogP contribution in [0.5, 0.6) is 0 Å². The second-order valence-electron chi connectivity index (χ2n) is 2.47. The van der Waals surface area contributed by atoms with Crippen LogP contribution in [0.1, 0.15) is 26.3 Å². The van der Waals surface area contributed by atoms with Crippen molar-refractivity contribution in [2.45, 2.75) is 5.88 Å². The fourth-order valence-electron chi connectivity index (χ4n) is 0.969. The maximum atomic E-state index is 10.5. The van der Waals surface area contributed by atoms with Gasteiger partial charge in [-0.15, -0.1) is 11.6 Å². The van der Waals surface area contributed by atoms with E-state index in [-0.39, 0.29) is 11.4 Å². The third-order valence-corrected chi connectivity index (χ3v) is 1.95. The molecule has 0 aliphatic rings. The number of carboxylic acid groups (broad SMARTS) is 1. The van der Waals surface area contributed by atoms with Crippen molar-refractivity contribution in [3.05, 3.63) is 34.9 Å². The van der Waals surface area contributed by atoms with Crippen LogP contribution in [0.4, 0.5) is 0 Å².